The average molecular weight is 368 g/mol. The van der Waals surface area contributed by atoms with Gasteiger partial charge in [0, 0.05) is 38.4 Å². The third kappa shape index (κ3) is 2.82. The van der Waals surface area contributed by atoms with Gasteiger partial charge in [0.25, 0.3) is 5.91 Å². The van der Waals surface area contributed by atoms with Crippen molar-refractivity contribution in [1.82, 2.24) is 24.5 Å². The topological polar surface area (TPSA) is 56.0 Å². The molecular weight excluding hydrogens is 346 g/mol. The van der Waals surface area contributed by atoms with Crippen LogP contribution in [0.15, 0.2) is 4.47 Å². The van der Waals surface area contributed by atoms with E-state index in [1.165, 1.54) is 0 Å². The van der Waals surface area contributed by atoms with E-state index in [-0.39, 0.29) is 5.91 Å². The first kappa shape index (κ1) is 16.7. The van der Waals surface area contributed by atoms with E-state index in [0.29, 0.717) is 12.2 Å². The molecule has 2 aromatic heterocycles. The maximum absolute atomic E-state index is 12.6. The molecule has 0 aliphatic heterocycles. The van der Waals surface area contributed by atoms with Crippen molar-refractivity contribution in [3.8, 4) is 0 Å². The Morgan fingerprint density at radius 2 is 1.86 bits per heavy atom. The molecule has 0 aliphatic rings. The smallest absolute Gasteiger partial charge is 0.275 e. The van der Waals surface area contributed by atoms with Crippen LogP contribution in [0, 0.1) is 20.8 Å². The van der Waals surface area contributed by atoms with E-state index in [0.717, 1.165) is 33.7 Å². The second kappa shape index (κ2) is 6.24. The first-order valence-electron chi connectivity index (χ1n) is 7.25. The minimum absolute atomic E-state index is 0.0985. The molecule has 6 nitrogen and oxygen atoms in total. The van der Waals surface area contributed by atoms with Gasteiger partial charge in [0.2, 0.25) is 0 Å². The number of rotatable bonds is 4. The molecule has 0 unspecified atom stereocenters. The van der Waals surface area contributed by atoms with Crippen molar-refractivity contribution in [2.75, 3.05) is 7.05 Å². The van der Waals surface area contributed by atoms with Gasteiger partial charge >= 0.3 is 0 Å². The Balaban J connectivity index is 2.25. The highest BCUT2D eigenvalue weighted by atomic mass is 79.9. The van der Waals surface area contributed by atoms with Crippen LogP contribution in [0.3, 0.4) is 0 Å². The van der Waals surface area contributed by atoms with Crippen molar-refractivity contribution in [2.24, 2.45) is 7.05 Å². The van der Waals surface area contributed by atoms with Crippen LogP contribution in [0.4, 0.5) is 0 Å². The fourth-order valence-electron chi connectivity index (χ4n) is 2.48. The Hall–Kier alpha value is -1.63. The van der Waals surface area contributed by atoms with Gasteiger partial charge in [0.1, 0.15) is 0 Å². The number of amides is 1. The number of carbonyl (C=O) groups is 1. The van der Waals surface area contributed by atoms with Gasteiger partial charge in [0.05, 0.1) is 15.9 Å². The Kier molecular flexibility index (Phi) is 4.75. The number of aromatic nitrogens is 4. The lowest BCUT2D eigenvalue weighted by Gasteiger charge is -2.16. The van der Waals surface area contributed by atoms with Gasteiger partial charge in [-0.2, -0.15) is 10.2 Å². The maximum Gasteiger partial charge on any atom is 0.275 e. The zero-order valence-electron chi connectivity index (χ0n) is 13.9. The largest absolute Gasteiger partial charge is 0.336 e. The molecule has 7 heteroatoms. The van der Waals surface area contributed by atoms with E-state index in [1.807, 2.05) is 32.5 Å². The van der Waals surface area contributed by atoms with Gasteiger partial charge in [-0.15, -0.1) is 0 Å². The van der Waals surface area contributed by atoms with Crippen LogP contribution in [-0.2, 0) is 20.1 Å². The summed E-state index contributed by atoms with van der Waals surface area (Å²) in [5.74, 6) is -0.0985. The molecule has 0 bridgehead atoms. The van der Waals surface area contributed by atoms with Crippen molar-refractivity contribution in [3.05, 3.63) is 32.8 Å². The van der Waals surface area contributed by atoms with Crippen LogP contribution in [0.2, 0.25) is 0 Å². The van der Waals surface area contributed by atoms with Gasteiger partial charge in [-0.25, -0.2) is 0 Å². The first-order chi connectivity index (χ1) is 10.3. The standard InChI is InChI=1S/C15H22BrN5O/c1-7-21-10(3)12(9(2)17-21)8-19(5)15(22)14-13(16)11(4)20(6)18-14/h7-8H2,1-6H3. The lowest BCUT2D eigenvalue weighted by Crippen LogP contribution is -2.27. The van der Waals surface area contributed by atoms with Crippen molar-refractivity contribution in [2.45, 2.75) is 40.8 Å². The van der Waals surface area contributed by atoms with Crippen molar-refractivity contribution >= 4 is 21.8 Å². The van der Waals surface area contributed by atoms with E-state index in [1.54, 1.807) is 16.6 Å². The number of hydrogen-bond donors (Lipinski definition) is 0. The highest BCUT2D eigenvalue weighted by Gasteiger charge is 2.23. The Labute approximate surface area is 139 Å². The highest BCUT2D eigenvalue weighted by molar-refractivity contribution is 9.10. The molecular formula is C15H22BrN5O. The molecule has 0 radical (unpaired) electrons. The summed E-state index contributed by atoms with van der Waals surface area (Å²) in [5, 5.41) is 8.80. The van der Waals surface area contributed by atoms with Crippen LogP contribution in [0.1, 0.15) is 40.1 Å². The third-order valence-electron chi connectivity index (χ3n) is 4.04. The number of hydrogen-bond acceptors (Lipinski definition) is 3. The van der Waals surface area contributed by atoms with E-state index in [4.69, 9.17) is 0 Å². The minimum atomic E-state index is -0.0985. The third-order valence-corrected chi connectivity index (χ3v) is 4.99. The van der Waals surface area contributed by atoms with Crippen LogP contribution >= 0.6 is 15.9 Å². The Morgan fingerprint density at radius 1 is 1.23 bits per heavy atom. The van der Waals surface area contributed by atoms with E-state index >= 15 is 0 Å². The monoisotopic (exact) mass is 367 g/mol. The Bertz CT molecular complexity index is 716. The van der Waals surface area contributed by atoms with Crippen LogP contribution < -0.4 is 0 Å². The van der Waals surface area contributed by atoms with E-state index in [2.05, 4.69) is 33.1 Å². The van der Waals surface area contributed by atoms with Gasteiger partial charge in [0.15, 0.2) is 5.69 Å². The second-order valence-corrected chi connectivity index (χ2v) is 6.29. The molecule has 0 N–H and O–H groups in total. The molecule has 2 rings (SSSR count). The molecule has 2 heterocycles. The number of nitrogens with zero attached hydrogens (tertiary/aromatic N) is 5. The molecule has 0 fully saturated rings. The number of aryl methyl sites for hydroxylation is 3. The molecule has 0 spiro atoms. The maximum atomic E-state index is 12.6. The summed E-state index contributed by atoms with van der Waals surface area (Å²) in [7, 11) is 3.62. The fourth-order valence-corrected chi connectivity index (χ4v) is 2.98. The quantitative estimate of drug-likeness (QED) is 0.834. The molecule has 0 saturated carbocycles. The molecule has 120 valence electrons. The van der Waals surface area contributed by atoms with Gasteiger partial charge in [-0.05, 0) is 43.6 Å². The molecule has 22 heavy (non-hydrogen) atoms. The zero-order valence-corrected chi connectivity index (χ0v) is 15.5. The lowest BCUT2D eigenvalue weighted by atomic mass is 10.2. The molecule has 0 saturated heterocycles. The zero-order chi connectivity index (χ0) is 16.6. The summed E-state index contributed by atoms with van der Waals surface area (Å²) in [5.41, 5.74) is 4.55. The van der Waals surface area contributed by atoms with Crippen molar-refractivity contribution < 1.29 is 4.79 Å². The number of halogens is 1. The minimum Gasteiger partial charge on any atom is -0.336 e. The second-order valence-electron chi connectivity index (χ2n) is 5.50. The van der Waals surface area contributed by atoms with Gasteiger partial charge in [-0.3, -0.25) is 14.2 Å². The summed E-state index contributed by atoms with van der Waals surface area (Å²) in [6.45, 7) is 9.36. The molecule has 0 aliphatic carbocycles. The van der Waals surface area contributed by atoms with Crippen LogP contribution in [-0.4, -0.2) is 37.4 Å². The predicted octanol–water partition coefficient (Wildman–Crippen LogP) is 2.60. The summed E-state index contributed by atoms with van der Waals surface area (Å²) in [6, 6.07) is 0. The normalized spacial score (nSPS) is 11.0. The average Bonchev–Trinajstić information content (AvgIpc) is 2.90. The van der Waals surface area contributed by atoms with Gasteiger partial charge < -0.3 is 4.90 Å². The summed E-state index contributed by atoms with van der Waals surface area (Å²) in [4.78, 5) is 14.3. The summed E-state index contributed by atoms with van der Waals surface area (Å²) in [6.07, 6.45) is 0. The summed E-state index contributed by atoms with van der Waals surface area (Å²) >= 11 is 3.45. The summed E-state index contributed by atoms with van der Waals surface area (Å²) < 4.78 is 4.42. The molecule has 2 aromatic rings. The van der Waals surface area contributed by atoms with Crippen molar-refractivity contribution in [3.63, 3.8) is 0 Å². The lowest BCUT2D eigenvalue weighted by molar-refractivity contribution is 0.0777. The highest BCUT2D eigenvalue weighted by Crippen LogP contribution is 2.22. The SMILES string of the molecule is CCn1nc(C)c(CN(C)C(=O)c2nn(C)c(C)c2Br)c1C. The number of carbonyl (C=O) groups excluding carboxylic acids is 1. The molecule has 1 amide bonds. The first-order valence-corrected chi connectivity index (χ1v) is 8.04. The fraction of sp³-hybridized carbons (Fsp3) is 0.533. The predicted molar refractivity (Wildman–Crippen MR) is 88.8 cm³/mol. The van der Waals surface area contributed by atoms with Crippen LogP contribution in [0.25, 0.3) is 0 Å². The van der Waals surface area contributed by atoms with E-state index in [9.17, 15) is 4.79 Å². The molecule has 0 atom stereocenters. The van der Waals surface area contributed by atoms with Crippen molar-refractivity contribution in [1.29, 1.82) is 0 Å². The van der Waals surface area contributed by atoms with E-state index < -0.39 is 0 Å². The van der Waals surface area contributed by atoms with Crippen LogP contribution in [0.5, 0.6) is 0 Å². The van der Waals surface area contributed by atoms with Gasteiger partial charge in [-0.1, -0.05) is 0 Å². The molecule has 0 aromatic carbocycles. The Morgan fingerprint density at radius 3 is 2.32 bits per heavy atom.